The summed E-state index contributed by atoms with van der Waals surface area (Å²) in [6, 6.07) is 6.17. The molecule has 18 heavy (non-hydrogen) atoms. The van der Waals surface area contributed by atoms with Crippen molar-refractivity contribution >= 4 is 34.5 Å². The second kappa shape index (κ2) is 4.82. The van der Waals surface area contributed by atoms with Crippen LogP contribution in [0.5, 0.6) is 0 Å². The maximum Gasteiger partial charge on any atom is 0.112 e. The minimum atomic E-state index is 0.830. The molecule has 5 heteroatoms. The highest BCUT2D eigenvalue weighted by Gasteiger charge is 2.18. The number of anilines is 2. The second-order valence-corrected chi connectivity index (χ2v) is 6.46. The molecule has 0 saturated carbocycles. The maximum absolute atomic E-state index is 5.89. The number of rotatable bonds is 2. The van der Waals surface area contributed by atoms with E-state index in [9.17, 15) is 0 Å². The molecule has 1 aliphatic rings. The van der Waals surface area contributed by atoms with E-state index in [0.717, 1.165) is 30.2 Å². The molecule has 94 valence electrons. The number of thioether (sulfide) groups is 1. The van der Waals surface area contributed by atoms with Gasteiger partial charge < -0.3 is 10.6 Å². The first-order valence-corrected chi connectivity index (χ1v) is 7.77. The summed E-state index contributed by atoms with van der Waals surface area (Å²) in [5.41, 5.74) is 9.08. The summed E-state index contributed by atoms with van der Waals surface area (Å²) in [6.07, 6.45) is 0. The lowest BCUT2D eigenvalue weighted by molar-refractivity contribution is 0.810. The van der Waals surface area contributed by atoms with E-state index in [1.807, 2.05) is 24.8 Å². The lowest BCUT2D eigenvalue weighted by Crippen LogP contribution is -2.28. The maximum atomic E-state index is 5.89. The third-order valence-corrected chi connectivity index (χ3v) is 4.93. The molecule has 0 atom stereocenters. The number of nitrogens with two attached hydrogens (primary N) is 1. The van der Waals surface area contributed by atoms with Crippen molar-refractivity contribution in [3.05, 3.63) is 34.3 Å². The van der Waals surface area contributed by atoms with Crippen LogP contribution in [0.4, 0.5) is 11.4 Å². The molecule has 1 aromatic carbocycles. The zero-order valence-electron chi connectivity index (χ0n) is 10.2. The smallest absolute Gasteiger partial charge is 0.112 e. The van der Waals surface area contributed by atoms with Crippen molar-refractivity contribution in [2.24, 2.45) is 0 Å². The summed E-state index contributed by atoms with van der Waals surface area (Å²) in [4.78, 5) is 8.24. The average Bonchev–Trinajstić information content (AvgIpc) is 2.76. The lowest BCUT2D eigenvalue weighted by Gasteiger charge is -2.30. The van der Waals surface area contributed by atoms with E-state index in [4.69, 9.17) is 5.73 Å². The van der Waals surface area contributed by atoms with Crippen molar-refractivity contribution in [2.45, 2.75) is 18.4 Å². The number of fused-ring (bicyclic) bond motifs is 1. The third kappa shape index (κ3) is 2.33. The molecule has 0 radical (unpaired) electrons. The Morgan fingerprint density at radius 3 is 3.11 bits per heavy atom. The molecule has 0 bridgehead atoms. The van der Waals surface area contributed by atoms with Gasteiger partial charge in [0, 0.05) is 34.0 Å². The topological polar surface area (TPSA) is 42.1 Å². The van der Waals surface area contributed by atoms with E-state index >= 15 is 0 Å². The highest BCUT2D eigenvalue weighted by molar-refractivity contribution is 7.99. The highest BCUT2D eigenvalue weighted by atomic mass is 32.2. The molecule has 3 nitrogen and oxygen atoms in total. The van der Waals surface area contributed by atoms with E-state index < -0.39 is 0 Å². The van der Waals surface area contributed by atoms with Crippen molar-refractivity contribution < 1.29 is 0 Å². The number of aryl methyl sites for hydroxylation is 1. The van der Waals surface area contributed by atoms with Gasteiger partial charge in [0.25, 0.3) is 0 Å². The number of thiazole rings is 1. The first kappa shape index (κ1) is 11.9. The molecular weight excluding hydrogens is 262 g/mol. The second-order valence-electron chi connectivity index (χ2n) is 4.38. The van der Waals surface area contributed by atoms with Crippen LogP contribution < -0.4 is 10.6 Å². The predicted molar refractivity (Wildman–Crippen MR) is 79.5 cm³/mol. The molecular formula is C13H15N3S2. The summed E-state index contributed by atoms with van der Waals surface area (Å²) in [6.45, 7) is 3.98. The summed E-state index contributed by atoms with van der Waals surface area (Å²) in [5.74, 6) is 1.13. The lowest BCUT2D eigenvalue weighted by atomic mass is 10.2. The van der Waals surface area contributed by atoms with Crippen LogP contribution in [0.25, 0.3) is 0 Å². The van der Waals surface area contributed by atoms with Gasteiger partial charge in [-0.25, -0.2) is 4.98 Å². The summed E-state index contributed by atoms with van der Waals surface area (Å²) >= 11 is 3.63. The normalized spacial score (nSPS) is 14.6. The molecule has 2 N–H and O–H groups in total. The van der Waals surface area contributed by atoms with Gasteiger partial charge in [0.15, 0.2) is 0 Å². The zero-order valence-corrected chi connectivity index (χ0v) is 11.9. The van der Waals surface area contributed by atoms with Crippen molar-refractivity contribution in [3.63, 3.8) is 0 Å². The molecule has 0 aliphatic carbocycles. The van der Waals surface area contributed by atoms with Gasteiger partial charge in [-0.1, -0.05) is 0 Å². The first-order valence-electron chi connectivity index (χ1n) is 5.90. The Morgan fingerprint density at radius 1 is 1.44 bits per heavy atom. The van der Waals surface area contributed by atoms with Gasteiger partial charge in [-0.2, -0.15) is 0 Å². The summed E-state index contributed by atoms with van der Waals surface area (Å²) in [7, 11) is 0. The fourth-order valence-corrected chi connectivity index (χ4v) is 3.91. The molecule has 2 aromatic rings. The summed E-state index contributed by atoms with van der Waals surface area (Å²) in [5, 5.41) is 3.28. The number of benzene rings is 1. The van der Waals surface area contributed by atoms with Crippen LogP contribution in [0.1, 0.15) is 10.7 Å². The third-order valence-electron chi connectivity index (χ3n) is 2.94. The van der Waals surface area contributed by atoms with Gasteiger partial charge >= 0.3 is 0 Å². The standard InChI is InChI=1S/C13H15N3S2/c1-9-8-18-13(15-9)7-16-4-5-17-12-3-2-10(14)6-11(12)16/h2-3,6,8H,4-5,7,14H2,1H3. The van der Waals surface area contributed by atoms with Gasteiger partial charge in [0.1, 0.15) is 5.01 Å². The van der Waals surface area contributed by atoms with Crippen molar-refractivity contribution in [1.82, 2.24) is 4.98 Å². The van der Waals surface area contributed by atoms with Crippen molar-refractivity contribution in [2.75, 3.05) is 22.9 Å². The largest absolute Gasteiger partial charge is 0.399 e. The van der Waals surface area contributed by atoms with E-state index in [-0.39, 0.29) is 0 Å². The summed E-state index contributed by atoms with van der Waals surface area (Å²) < 4.78 is 0. The van der Waals surface area contributed by atoms with Crippen LogP contribution in [0.3, 0.4) is 0 Å². The van der Waals surface area contributed by atoms with Gasteiger partial charge in [-0.05, 0) is 25.1 Å². The van der Waals surface area contributed by atoms with E-state index in [0.29, 0.717) is 0 Å². The molecule has 1 aliphatic heterocycles. The van der Waals surface area contributed by atoms with Crippen molar-refractivity contribution in [3.8, 4) is 0 Å². The monoisotopic (exact) mass is 277 g/mol. The molecule has 0 saturated heterocycles. The number of hydrogen-bond acceptors (Lipinski definition) is 5. The van der Waals surface area contributed by atoms with E-state index in [1.54, 1.807) is 11.3 Å². The minimum absolute atomic E-state index is 0.830. The Kier molecular flexibility index (Phi) is 3.18. The number of hydrogen-bond donors (Lipinski definition) is 1. The number of nitrogens with zero attached hydrogens (tertiary/aromatic N) is 2. The Balaban J connectivity index is 1.88. The van der Waals surface area contributed by atoms with Gasteiger partial charge in [-0.15, -0.1) is 23.1 Å². The van der Waals surface area contributed by atoms with Gasteiger partial charge in [0.05, 0.1) is 12.2 Å². The molecule has 0 spiro atoms. The fourth-order valence-electron chi connectivity index (χ4n) is 2.09. The van der Waals surface area contributed by atoms with Crippen LogP contribution in [0.2, 0.25) is 0 Å². The van der Waals surface area contributed by atoms with Crippen LogP contribution >= 0.6 is 23.1 Å². The zero-order chi connectivity index (χ0) is 12.5. The molecule has 0 fully saturated rings. The quantitative estimate of drug-likeness (QED) is 0.856. The van der Waals surface area contributed by atoms with E-state index in [2.05, 4.69) is 27.4 Å². The molecule has 3 rings (SSSR count). The molecule has 2 heterocycles. The number of aromatic nitrogens is 1. The highest BCUT2D eigenvalue weighted by Crippen LogP contribution is 2.36. The predicted octanol–water partition coefficient (Wildman–Crippen LogP) is 3.15. The molecule has 1 aromatic heterocycles. The number of nitrogen functional groups attached to an aromatic ring is 1. The SMILES string of the molecule is Cc1csc(CN2CCSc3ccc(N)cc32)n1. The Morgan fingerprint density at radius 2 is 2.33 bits per heavy atom. The fraction of sp³-hybridized carbons (Fsp3) is 0.308. The first-order chi connectivity index (χ1) is 8.72. The molecule has 0 unspecified atom stereocenters. The van der Waals surface area contributed by atoms with E-state index in [1.165, 1.54) is 15.6 Å². The van der Waals surface area contributed by atoms with Crippen LogP contribution in [0, 0.1) is 6.92 Å². The Bertz CT molecular complexity index is 565. The van der Waals surface area contributed by atoms with Crippen LogP contribution in [0.15, 0.2) is 28.5 Å². The minimum Gasteiger partial charge on any atom is -0.399 e. The Hall–Kier alpha value is -1.20. The average molecular weight is 277 g/mol. The van der Waals surface area contributed by atoms with Crippen LogP contribution in [-0.4, -0.2) is 17.3 Å². The Labute approximate surface area is 115 Å². The van der Waals surface area contributed by atoms with Crippen molar-refractivity contribution in [1.29, 1.82) is 0 Å². The van der Waals surface area contributed by atoms with Gasteiger partial charge in [0.2, 0.25) is 0 Å². The van der Waals surface area contributed by atoms with Crippen LogP contribution in [-0.2, 0) is 6.54 Å². The van der Waals surface area contributed by atoms with Gasteiger partial charge in [-0.3, -0.25) is 0 Å². The molecule has 0 amide bonds.